The van der Waals surface area contributed by atoms with Gasteiger partial charge in [0.15, 0.2) is 0 Å². The van der Waals surface area contributed by atoms with Crippen molar-refractivity contribution in [1.29, 1.82) is 0 Å². The molecule has 0 aliphatic carbocycles. The van der Waals surface area contributed by atoms with Gasteiger partial charge < -0.3 is 19.7 Å². The fraction of sp³-hybridized carbons (Fsp3) is 0.455. The van der Waals surface area contributed by atoms with E-state index in [4.69, 9.17) is 9.47 Å². The molecular formula is C22H22FN5O4S. The normalized spacial score (nSPS) is 27.5. The van der Waals surface area contributed by atoms with Crippen LogP contribution in [0.2, 0.25) is 0 Å². The molecule has 4 atom stereocenters. The van der Waals surface area contributed by atoms with Crippen LogP contribution in [0, 0.1) is 5.82 Å². The highest BCUT2D eigenvalue weighted by Gasteiger charge is 2.47. The standard InChI is InChI=1S/C22H22FN5O4S/c23-14-5-17-19(6-16(14)27-12-1-2-13(27)11-33-10-12)31-9-18-20(32-22(30)28(17)18)8-26-21(29)15-7-24-3-4-25-15/h3-7,12-13,18,20H,1-2,8-11H2,(H,26,29)/t12?,13?,18-,20-/m0/s1. The van der Waals surface area contributed by atoms with Gasteiger partial charge in [-0.2, -0.15) is 11.8 Å². The minimum atomic E-state index is -0.635. The second kappa shape index (κ2) is 8.05. The van der Waals surface area contributed by atoms with Gasteiger partial charge in [-0.1, -0.05) is 0 Å². The quantitative estimate of drug-likeness (QED) is 0.725. The van der Waals surface area contributed by atoms with Gasteiger partial charge in [-0.25, -0.2) is 14.2 Å². The summed E-state index contributed by atoms with van der Waals surface area (Å²) in [6.45, 7) is 0.272. The lowest BCUT2D eigenvalue weighted by molar-refractivity contribution is 0.0881. The zero-order chi connectivity index (χ0) is 22.5. The molecule has 2 unspecified atom stereocenters. The highest BCUT2D eigenvalue weighted by Crippen LogP contribution is 2.45. The summed E-state index contributed by atoms with van der Waals surface area (Å²) in [6.07, 6.45) is 5.18. The van der Waals surface area contributed by atoms with Crippen molar-refractivity contribution in [1.82, 2.24) is 15.3 Å². The van der Waals surface area contributed by atoms with Gasteiger partial charge in [0.05, 0.1) is 24.1 Å². The molecule has 9 nitrogen and oxygen atoms in total. The first-order valence-corrected chi connectivity index (χ1v) is 12.1. The Bertz CT molecular complexity index is 1090. The topological polar surface area (TPSA) is 96.9 Å². The number of halogens is 1. The van der Waals surface area contributed by atoms with Crippen LogP contribution in [-0.2, 0) is 4.74 Å². The molecule has 172 valence electrons. The predicted octanol–water partition coefficient (Wildman–Crippen LogP) is 2.22. The highest BCUT2D eigenvalue weighted by molar-refractivity contribution is 7.99. The van der Waals surface area contributed by atoms with Gasteiger partial charge in [-0.3, -0.25) is 14.7 Å². The number of hydrogen-bond donors (Lipinski definition) is 1. The van der Waals surface area contributed by atoms with Crippen LogP contribution in [0.25, 0.3) is 0 Å². The van der Waals surface area contributed by atoms with Crippen molar-refractivity contribution in [3.63, 3.8) is 0 Å². The number of anilines is 2. The van der Waals surface area contributed by atoms with E-state index in [0.29, 0.717) is 29.2 Å². The Hall–Kier alpha value is -3.08. The van der Waals surface area contributed by atoms with Crippen LogP contribution in [0.3, 0.4) is 0 Å². The maximum Gasteiger partial charge on any atom is 0.415 e. The van der Waals surface area contributed by atoms with Crippen LogP contribution in [0.1, 0.15) is 23.3 Å². The van der Waals surface area contributed by atoms with Crippen molar-refractivity contribution < 1.29 is 23.5 Å². The van der Waals surface area contributed by atoms with Crippen LogP contribution in [-0.4, -0.2) is 70.9 Å². The Morgan fingerprint density at radius 2 is 2.03 bits per heavy atom. The van der Waals surface area contributed by atoms with E-state index in [9.17, 15) is 9.59 Å². The number of thioether (sulfide) groups is 1. The Morgan fingerprint density at radius 1 is 1.21 bits per heavy atom. The number of benzene rings is 1. The highest BCUT2D eigenvalue weighted by atomic mass is 32.2. The first-order chi connectivity index (χ1) is 16.1. The fourth-order valence-corrected chi connectivity index (χ4v) is 6.47. The number of fused-ring (bicyclic) bond motifs is 5. The van der Waals surface area contributed by atoms with Gasteiger partial charge >= 0.3 is 6.09 Å². The average molecular weight is 472 g/mol. The minimum absolute atomic E-state index is 0.0797. The number of nitrogens with one attached hydrogen (secondary N) is 1. The monoisotopic (exact) mass is 471 g/mol. The van der Waals surface area contributed by atoms with Gasteiger partial charge in [0.25, 0.3) is 5.91 Å². The lowest BCUT2D eigenvalue weighted by Gasteiger charge is -2.38. The third-order valence-corrected chi connectivity index (χ3v) is 7.93. The molecule has 2 amide bonds. The van der Waals surface area contributed by atoms with Crippen molar-refractivity contribution >= 4 is 35.1 Å². The van der Waals surface area contributed by atoms with Gasteiger partial charge in [0, 0.05) is 48.1 Å². The number of amides is 2. The summed E-state index contributed by atoms with van der Waals surface area (Å²) in [4.78, 5) is 36.4. The molecule has 2 aromatic rings. The molecule has 3 fully saturated rings. The van der Waals surface area contributed by atoms with Gasteiger partial charge in [0.1, 0.15) is 36.0 Å². The van der Waals surface area contributed by atoms with E-state index in [2.05, 4.69) is 20.2 Å². The Balaban J connectivity index is 1.21. The fourth-order valence-electron chi connectivity index (χ4n) is 5.13. The van der Waals surface area contributed by atoms with Gasteiger partial charge in [-0.05, 0) is 12.8 Å². The second-order valence-electron chi connectivity index (χ2n) is 8.57. The van der Waals surface area contributed by atoms with Crippen molar-refractivity contribution in [2.45, 2.75) is 37.1 Å². The van der Waals surface area contributed by atoms with E-state index in [1.54, 1.807) is 6.07 Å². The predicted molar refractivity (Wildman–Crippen MR) is 119 cm³/mol. The van der Waals surface area contributed by atoms with E-state index in [1.165, 1.54) is 29.6 Å². The number of cyclic esters (lactones) is 1. The molecule has 0 radical (unpaired) electrons. The van der Waals surface area contributed by atoms with Crippen molar-refractivity contribution in [2.24, 2.45) is 0 Å². The molecule has 6 rings (SSSR count). The first kappa shape index (κ1) is 20.5. The van der Waals surface area contributed by atoms with E-state index in [0.717, 1.165) is 24.3 Å². The van der Waals surface area contributed by atoms with Crippen molar-refractivity contribution in [3.8, 4) is 5.75 Å². The van der Waals surface area contributed by atoms with E-state index in [-0.39, 0.29) is 24.7 Å². The Labute approximate surface area is 193 Å². The minimum Gasteiger partial charge on any atom is -0.489 e. The molecule has 2 bridgehead atoms. The summed E-state index contributed by atoms with van der Waals surface area (Å²) in [5.41, 5.74) is 1.07. The lowest BCUT2D eigenvalue weighted by Crippen LogP contribution is -2.48. The lowest BCUT2D eigenvalue weighted by atomic mass is 10.1. The van der Waals surface area contributed by atoms with Crippen LogP contribution in [0.5, 0.6) is 5.75 Å². The molecule has 11 heteroatoms. The molecule has 1 aromatic heterocycles. The molecule has 1 aromatic carbocycles. The smallest absolute Gasteiger partial charge is 0.415 e. The maximum absolute atomic E-state index is 15.3. The number of hydrogen-bond acceptors (Lipinski definition) is 8. The average Bonchev–Trinajstić information content (AvgIpc) is 3.28. The van der Waals surface area contributed by atoms with E-state index >= 15 is 4.39 Å². The summed E-state index contributed by atoms with van der Waals surface area (Å²) in [7, 11) is 0. The van der Waals surface area contributed by atoms with E-state index < -0.39 is 24.1 Å². The summed E-state index contributed by atoms with van der Waals surface area (Å²) in [6, 6.07) is 3.28. The van der Waals surface area contributed by atoms with Crippen LogP contribution in [0.15, 0.2) is 30.7 Å². The molecule has 5 heterocycles. The number of rotatable bonds is 4. The number of carbonyl (C=O) groups is 2. The first-order valence-electron chi connectivity index (χ1n) is 11.0. The molecule has 4 aliphatic rings. The summed E-state index contributed by atoms with van der Waals surface area (Å²) < 4.78 is 26.8. The van der Waals surface area contributed by atoms with Crippen molar-refractivity contribution in [3.05, 3.63) is 42.2 Å². The Morgan fingerprint density at radius 3 is 2.79 bits per heavy atom. The Kier molecular flexibility index (Phi) is 5.01. The number of carbonyl (C=O) groups excluding carboxylic acids is 2. The number of nitrogens with zero attached hydrogens (tertiary/aromatic N) is 4. The zero-order valence-corrected chi connectivity index (χ0v) is 18.5. The summed E-state index contributed by atoms with van der Waals surface area (Å²) in [5.74, 6) is 1.68. The third-order valence-electron chi connectivity index (χ3n) is 6.69. The summed E-state index contributed by atoms with van der Waals surface area (Å²) in [5, 5.41) is 2.72. The van der Waals surface area contributed by atoms with Gasteiger partial charge in [-0.15, -0.1) is 0 Å². The van der Waals surface area contributed by atoms with Gasteiger partial charge in [0.2, 0.25) is 0 Å². The molecule has 33 heavy (non-hydrogen) atoms. The molecule has 1 N–H and O–H groups in total. The summed E-state index contributed by atoms with van der Waals surface area (Å²) >= 11 is 1.92. The number of ether oxygens (including phenoxy) is 2. The van der Waals surface area contributed by atoms with Crippen LogP contribution in [0.4, 0.5) is 20.6 Å². The molecular weight excluding hydrogens is 449 g/mol. The molecule has 0 saturated carbocycles. The number of aromatic nitrogens is 2. The van der Waals surface area contributed by atoms with Crippen molar-refractivity contribution in [2.75, 3.05) is 34.5 Å². The van der Waals surface area contributed by atoms with E-state index in [1.807, 2.05) is 11.8 Å². The largest absolute Gasteiger partial charge is 0.489 e. The maximum atomic E-state index is 15.3. The molecule has 4 aliphatic heterocycles. The molecule has 0 spiro atoms. The zero-order valence-electron chi connectivity index (χ0n) is 17.6. The molecule has 3 saturated heterocycles. The second-order valence-corrected chi connectivity index (χ2v) is 9.65. The third kappa shape index (κ3) is 3.45. The van der Waals surface area contributed by atoms with Crippen LogP contribution < -0.4 is 19.9 Å². The van der Waals surface area contributed by atoms with Crippen LogP contribution >= 0.6 is 11.8 Å². The SMILES string of the molecule is O=C(NC[C@@H]1OC(=O)N2c3cc(F)c(N4C5CCC4CSC5)cc3OC[C@@H]12)c1cnccn1.